The molecule has 1 saturated heterocycles. The number of fused-ring (bicyclic) bond motifs is 6. The Labute approximate surface area is 595 Å². The Morgan fingerprint density at radius 2 is 1.24 bits per heavy atom. The van der Waals surface area contributed by atoms with Crippen molar-refractivity contribution in [3.63, 3.8) is 0 Å². The van der Waals surface area contributed by atoms with Gasteiger partial charge in [-0.05, 0) is 65.3 Å². The van der Waals surface area contributed by atoms with Crippen molar-refractivity contribution in [2.75, 3.05) is 55.7 Å². The number of ether oxygens (including phenoxy) is 8. The molecule has 3 aromatic carbocycles. The van der Waals surface area contributed by atoms with Gasteiger partial charge < -0.3 is 68.7 Å². The third kappa shape index (κ3) is 17.3. The van der Waals surface area contributed by atoms with Gasteiger partial charge in [0.15, 0.2) is 24.7 Å². The number of aromatic nitrogens is 9. The largest absolute Gasteiger partial charge is 0.463 e. The predicted molar refractivity (Wildman–Crippen MR) is 366 cm³/mol. The number of anilines is 2. The zero-order valence-electron chi connectivity index (χ0n) is 60.1. The van der Waals surface area contributed by atoms with Crippen molar-refractivity contribution in [3.8, 4) is 11.5 Å². The number of carbonyl (C=O) groups is 8. The highest BCUT2D eigenvalue weighted by Gasteiger charge is 2.57. The van der Waals surface area contributed by atoms with E-state index in [4.69, 9.17) is 37.9 Å². The number of nitrogens with one attached hydrogen (secondary N) is 4. The van der Waals surface area contributed by atoms with Crippen LogP contribution >= 0.6 is 0 Å². The van der Waals surface area contributed by atoms with Crippen LogP contribution in [-0.4, -0.2) is 202 Å². The van der Waals surface area contributed by atoms with E-state index >= 15 is 4.79 Å². The third-order valence-electron chi connectivity index (χ3n) is 17.9. The van der Waals surface area contributed by atoms with Crippen LogP contribution in [0.1, 0.15) is 140 Å². The zero-order chi connectivity index (χ0) is 74.0. The topological polar surface area (TPSA) is 367 Å². The minimum Gasteiger partial charge on any atom is -0.463 e. The lowest BCUT2D eigenvalue weighted by Crippen LogP contribution is -2.64. The minimum atomic E-state index is -1.37. The number of aryl methyl sites for hydroxylation is 2. The molecule has 3 amide bonds. The van der Waals surface area contributed by atoms with Gasteiger partial charge in [-0.3, -0.25) is 57.6 Å². The minimum absolute atomic E-state index is 0.0445. The zero-order valence-corrected chi connectivity index (χ0v) is 60.1. The van der Waals surface area contributed by atoms with E-state index < -0.39 is 103 Å². The van der Waals surface area contributed by atoms with E-state index in [0.717, 1.165) is 68.1 Å². The number of amides is 3. The number of hydrogen-bond acceptors (Lipinski definition) is 28. The van der Waals surface area contributed by atoms with E-state index in [9.17, 15) is 33.6 Å². The second kappa shape index (κ2) is 33.0. The Morgan fingerprint density at radius 1 is 0.660 bits per heavy atom. The molecule has 9 unspecified atom stereocenters. The fraction of sp³-hybridized carbons (Fsp3) is 0.507. The number of carbonyl (C=O) groups excluding carboxylic acids is 8. The number of benzene rings is 3. The van der Waals surface area contributed by atoms with Crippen LogP contribution in [-0.2, 0) is 105 Å². The van der Waals surface area contributed by atoms with Crippen molar-refractivity contribution in [2.45, 2.75) is 183 Å². The molecule has 0 radical (unpaired) electrons. The smallest absolute Gasteiger partial charge is 0.303 e. The summed E-state index contributed by atoms with van der Waals surface area (Å²) in [6.07, 6.45) is -1.33. The summed E-state index contributed by atoms with van der Waals surface area (Å²) in [4.78, 5) is 111. The summed E-state index contributed by atoms with van der Waals surface area (Å²) < 4.78 is 52.0. The van der Waals surface area contributed by atoms with Gasteiger partial charge in [-0.1, -0.05) is 46.0 Å². The van der Waals surface area contributed by atoms with Crippen molar-refractivity contribution in [3.05, 3.63) is 130 Å². The molecular weight excluding hydrogens is 1340 g/mol. The highest BCUT2D eigenvalue weighted by molar-refractivity contribution is 6.02. The van der Waals surface area contributed by atoms with Crippen LogP contribution in [0.3, 0.4) is 0 Å². The summed E-state index contributed by atoms with van der Waals surface area (Å²) >= 11 is 0. The molecular formula is C69H90N18O16. The Balaban J connectivity index is 0.932. The van der Waals surface area contributed by atoms with E-state index in [0.29, 0.717) is 52.9 Å². The molecule has 552 valence electrons. The number of rotatable bonds is 32. The molecule has 9 atom stereocenters. The van der Waals surface area contributed by atoms with Crippen LogP contribution in [0.4, 0.5) is 11.4 Å². The standard InChI is InChI=1S/C69H90N18O16/c1-14-81(15-2)53-22-24-57-59(28-53)101-60-29-54(82(16-3)17-4)23-25-58(60)69(57)56-21-19-18-20-55(56)66(95)85(69)35-52-34-84(77-73-52)27-26-83-33-49(72-76-83)30-80(31-50-36-86(78-74-50)67(40(5)70-42(7)88)102-61(38-96-44(9)90)41(6)98-46(11)92)32-51-37-87(79-75-51)68-63(71-43(8)89)65(100-48(13)94)64(99-47(12)93)62(103-68)39-97-45(10)91/h18-25,28-29,33-34,36-37,40-41,61-65,67-68,74,78H,14-17,26-27,30-32,35,38-39H2,1-13H3,(H,70,88)(H,71,89). The average Bonchev–Trinajstić information content (AvgIpc) is 1.57. The van der Waals surface area contributed by atoms with Crippen LogP contribution in [0.25, 0.3) is 0 Å². The number of hydrogen-bond donors (Lipinski definition) is 4. The first-order chi connectivity index (χ1) is 49.3. The molecule has 10 rings (SSSR count). The Morgan fingerprint density at radius 3 is 1.83 bits per heavy atom. The van der Waals surface area contributed by atoms with E-state index in [1.165, 1.54) is 39.3 Å². The molecule has 103 heavy (non-hydrogen) atoms. The van der Waals surface area contributed by atoms with E-state index in [1.54, 1.807) is 46.8 Å². The number of esters is 5. The molecule has 3 aromatic heterocycles. The lowest BCUT2D eigenvalue weighted by molar-refractivity contribution is -0.239. The van der Waals surface area contributed by atoms with Gasteiger partial charge in [0.25, 0.3) is 5.91 Å². The van der Waals surface area contributed by atoms with Crippen LogP contribution in [0.15, 0.2) is 91.2 Å². The first-order valence-electron chi connectivity index (χ1n) is 34.2. The summed E-state index contributed by atoms with van der Waals surface area (Å²) in [6.45, 7) is 23.7. The lowest BCUT2D eigenvalue weighted by atomic mass is 9.74. The van der Waals surface area contributed by atoms with Gasteiger partial charge >= 0.3 is 29.8 Å². The van der Waals surface area contributed by atoms with Gasteiger partial charge in [0.05, 0.1) is 55.2 Å². The van der Waals surface area contributed by atoms with Gasteiger partial charge in [0.2, 0.25) is 11.8 Å². The SMILES string of the molecule is CCN(CC)c1ccc2c(c1)Oc1cc(N(CC)CC)ccc1C21c2ccccc2C(=O)N1Cc1cn(CCn2cc(CN(CC3=CN(C(OC(COC(C)=O)C(C)OC(C)=O)C(C)NC(C)=O)NN3)Cc3cn(C4OC(COC(C)=O)C(OC(C)=O)C(OC(C)=O)C4NC(C)=O)nn3)nn2)nn1. The summed E-state index contributed by atoms with van der Waals surface area (Å²) in [7, 11) is 0. The molecule has 0 bridgehead atoms. The Kier molecular flexibility index (Phi) is 24.1. The number of nitrogens with zero attached hydrogens (tertiary/aromatic N) is 14. The van der Waals surface area contributed by atoms with Crippen molar-refractivity contribution < 1.29 is 76.3 Å². The van der Waals surface area contributed by atoms with Crippen LogP contribution in [0.2, 0.25) is 0 Å². The van der Waals surface area contributed by atoms with Gasteiger partial charge in [-0.15, -0.1) is 20.8 Å². The molecule has 0 aliphatic carbocycles. The first-order valence-corrected chi connectivity index (χ1v) is 34.2. The second-order valence-corrected chi connectivity index (χ2v) is 25.4. The average molecular weight is 1430 g/mol. The van der Waals surface area contributed by atoms with E-state index in [1.807, 2.05) is 40.3 Å². The van der Waals surface area contributed by atoms with Crippen molar-refractivity contribution in [1.29, 1.82) is 0 Å². The molecule has 4 N–H and O–H groups in total. The molecule has 34 nitrogen and oxygen atoms in total. The maximum atomic E-state index is 15.2. The second-order valence-electron chi connectivity index (χ2n) is 25.4. The van der Waals surface area contributed by atoms with Crippen molar-refractivity contribution in [2.24, 2.45) is 0 Å². The van der Waals surface area contributed by atoms with Crippen molar-refractivity contribution >= 4 is 58.9 Å². The molecule has 34 heteroatoms. The van der Waals surface area contributed by atoms with E-state index in [-0.39, 0.29) is 44.6 Å². The highest BCUT2D eigenvalue weighted by atomic mass is 16.6. The quantitative estimate of drug-likeness (QED) is 0.0346. The lowest BCUT2D eigenvalue weighted by Gasteiger charge is -2.45. The fourth-order valence-electron chi connectivity index (χ4n) is 13.5. The maximum Gasteiger partial charge on any atom is 0.303 e. The van der Waals surface area contributed by atoms with E-state index in [2.05, 4.69) is 126 Å². The molecule has 7 heterocycles. The summed E-state index contributed by atoms with van der Waals surface area (Å²) in [6, 6.07) is 18.3. The Hall–Kier alpha value is -10.6. The maximum absolute atomic E-state index is 15.2. The van der Waals surface area contributed by atoms with Crippen LogP contribution in [0, 0.1) is 0 Å². The molecule has 4 aliphatic rings. The summed E-state index contributed by atoms with van der Waals surface area (Å²) in [5, 5.41) is 34.4. The molecule has 6 aromatic rings. The Bertz CT molecular complexity index is 4030. The molecule has 0 saturated carbocycles. The molecule has 1 fully saturated rings. The van der Waals surface area contributed by atoms with Gasteiger partial charge in [0, 0.05) is 147 Å². The normalized spacial score (nSPS) is 19.0. The molecule has 4 aliphatic heterocycles. The van der Waals surface area contributed by atoms with Gasteiger partial charge in [-0.2, -0.15) is 0 Å². The first kappa shape index (κ1) is 75.1. The fourth-order valence-corrected chi connectivity index (χ4v) is 13.5. The summed E-state index contributed by atoms with van der Waals surface area (Å²) in [5.41, 5.74) is 12.2. The van der Waals surface area contributed by atoms with Gasteiger partial charge in [0.1, 0.15) is 60.3 Å². The number of hydrazine groups is 2. The van der Waals surface area contributed by atoms with Crippen LogP contribution < -0.4 is 36.1 Å². The summed E-state index contributed by atoms with van der Waals surface area (Å²) in [5.74, 6) is -3.20. The van der Waals surface area contributed by atoms with Crippen molar-refractivity contribution in [1.82, 2.24) is 81.4 Å². The predicted octanol–water partition coefficient (Wildman–Crippen LogP) is 3.65. The van der Waals surface area contributed by atoms with Gasteiger partial charge in [-0.25, -0.2) is 4.68 Å². The van der Waals surface area contributed by atoms with Crippen LogP contribution in [0.5, 0.6) is 11.5 Å². The monoisotopic (exact) mass is 1430 g/mol. The molecule has 1 spiro atoms. The third-order valence-corrected chi connectivity index (χ3v) is 17.9. The highest BCUT2D eigenvalue weighted by Crippen LogP contribution is 2.59.